The first-order valence-corrected chi connectivity index (χ1v) is 5.46. The van der Waals surface area contributed by atoms with E-state index in [0.29, 0.717) is 12.5 Å². The van der Waals surface area contributed by atoms with E-state index in [1.165, 1.54) is 0 Å². The maximum absolute atomic E-state index is 11.9. The third-order valence-electron chi connectivity index (χ3n) is 2.80. The summed E-state index contributed by atoms with van der Waals surface area (Å²) < 4.78 is 0. The van der Waals surface area contributed by atoms with Gasteiger partial charge in [0.25, 0.3) is 0 Å². The fraction of sp³-hybridized carbons (Fsp3) is 0.909. The first-order valence-electron chi connectivity index (χ1n) is 5.46. The zero-order chi connectivity index (χ0) is 10.8. The Balaban J connectivity index is 2.52. The molecule has 0 aromatic carbocycles. The van der Waals surface area contributed by atoms with E-state index < -0.39 is 0 Å². The van der Waals surface area contributed by atoms with E-state index in [4.69, 9.17) is 5.73 Å². The Bertz CT molecular complexity index is 208. The largest absolute Gasteiger partial charge is 0.351 e. The van der Waals surface area contributed by atoms with Crippen LogP contribution in [-0.4, -0.2) is 18.0 Å². The molecule has 0 unspecified atom stereocenters. The normalized spacial score (nSPS) is 27.7. The van der Waals surface area contributed by atoms with Crippen LogP contribution in [0.25, 0.3) is 0 Å². The second-order valence-electron chi connectivity index (χ2n) is 5.27. The summed E-state index contributed by atoms with van der Waals surface area (Å²) in [4.78, 5) is 11.9. The predicted molar refractivity (Wildman–Crippen MR) is 57.8 cm³/mol. The summed E-state index contributed by atoms with van der Waals surface area (Å²) in [5.74, 6) is 0.738. The molecule has 3 N–H and O–H groups in total. The van der Waals surface area contributed by atoms with E-state index in [2.05, 4.69) is 5.32 Å². The van der Waals surface area contributed by atoms with Crippen LogP contribution < -0.4 is 11.1 Å². The van der Waals surface area contributed by atoms with Crippen molar-refractivity contribution in [3.05, 3.63) is 0 Å². The van der Waals surface area contributed by atoms with Gasteiger partial charge in [0.05, 0.1) is 0 Å². The molecule has 3 nitrogen and oxygen atoms in total. The highest BCUT2D eigenvalue weighted by atomic mass is 16.2. The lowest BCUT2D eigenvalue weighted by atomic mass is 9.94. The van der Waals surface area contributed by atoms with Gasteiger partial charge in [-0.15, -0.1) is 0 Å². The quantitative estimate of drug-likeness (QED) is 0.702. The molecule has 1 fully saturated rings. The molecule has 0 saturated heterocycles. The van der Waals surface area contributed by atoms with Crippen LogP contribution in [0.2, 0.25) is 0 Å². The van der Waals surface area contributed by atoms with Crippen LogP contribution >= 0.6 is 0 Å². The lowest BCUT2D eigenvalue weighted by Gasteiger charge is -2.25. The number of hydrogen-bond donors (Lipinski definition) is 2. The van der Waals surface area contributed by atoms with Gasteiger partial charge in [-0.05, 0) is 46.1 Å². The third-order valence-corrected chi connectivity index (χ3v) is 2.80. The Kier molecular flexibility index (Phi) is 3.53. The van der Waals surface area contributed by atoms with Gasteiger partial charge in [-0.1, -0.05) is 6.42 Å². The Morgan fingerprint density at radius 1 is 1.43 bits per heavy atom. The summed E-state index contributed by atoms with van der Waals surface area (Å²) in [5.41, 5.74) is 5.52. The van der Waals surface area contributed by atoms with Gasteiger partial charge in [0, 0.05) is 11.5 Å². The Morgan fingerprint density at radius 2 is 2.07 bits per heavy atom. The molecule has 1 saturated carbocycles. The molecule has 1 aliphatic rings. The van der Waals surface area contributed by atoms with Gasteiger partial charge >= 0.3 is 0 Å². The van der Waals surface area contributed by atoms with E-state index in [0.717, 1.165) is 19.3 Å². The molecular weight excluding hydrogens is 176 g/mol. The van der Waals surface area contributed by atoms with Gasteiger partial charge in [0.15, 0.2) is 0 Å². The summed E-state index contributed by atoms with van der Waals surface area (Å²) >= 11 is 0. The third kappa shape index (κ3) is 2.98. The molecular formula is C11H22N2O. The molecule has 0 aromatic heterocycles. The van der Waals surface area contributed by atoms with E-state index in [9.17, 15) is 4.79 Å². The van der Waals surface area contributed by atoms with Crippen molar-refractivity contribution >= 4 is 5.91 Å². The number of carbonyl (C=O) groups excluding carboxylic acids is 1. The standard InChI is InChI=1S/C11H22N2O/c1-11(2,3)13-10(14)9-6-4-5-8(9)7-12/h8-9H,4-7,12H2,1-3H3,(H,13,14)/t8-,9-/m1/s1. The van der Waals surface area contributed by atoms with Crippen molar-refractivity contribution in [2.75, 3.05) is 6.54 Å². The SMILES string of the molecule is CC(C)(C)NC(=O)[C@@H]1CCC[C@@H]1CN. The molecule has 0 radical (unpaired) electrons. The van der Waals surface area contributed by atoms with Crippen LogP contribution in [0, 0.1) is 11.8 Å². The van der Waals surface area contributed by atoms with Crippen LogP contribution in [-0.2, 0) is 4.79 Å². The Morgan fingerprint density at radius 3 is 2.57 bits per heavy atom. The summed E-state index contributed by atoms with van der Waals surface area (Å²) in [6.07, 6.45) is 3.26. The molecule has 14 heavy (non-hydrogen) atoms. The lowest BCUT2D eigenvalue weighted by Crippen LogP contribution is -2.45. The van der Waals surface area contributed by atoms with E-state index in [-0.39, 0.29) is 17.4 Å². The van der Waals surface area contributed by atoms with Gasteiger partial charge in [-0.2, -0.15) is 0 Å². The number of nitrogens with two attached hydrogens (primary N) is 1. The first kappa shape index (κ1) is 11.5. The molecule has 0 aliphatic heterocycles. The zero-order valence-corrected chi connectivity index (χ0v) is 9.47. The zero-order valence-electron chi connectivity index (χ0n) is 9.47. The Labute approximate surface area is 86.4 Å². The molecule has 0 spiro atoms. The average molecular weight is 198 g/mol. The molecule has 1 aliphatic carbocycles. The molecule has 0 bridgehead atoms. The van der Waals surface area contributed by atoms with Crippen molar-refractivity contribution in [3.63, 3.8) is 0 Å². The van der Waals surface area contributed by atoms with Crippen molar-refractivity contribution in [1.82, 2.24) is 5.32 Å². The predicted octanol–water partition coefficient (Wildman–Crippen LogP) is 1.28. The minimum atomic E-state index is -0.126. The van der Waals surface area contributed by atoms with Crippen LogP contribution in [0.3, 0.4) is 0 Å². The Hall–Kier alpha value is -0.570. The first-order chi connectivity index (χ1) is 6.44. The average Bonchev–Trinajstić information content (AvgIpc) is 2.47. The van der Waals surface area contributed by atoms with Crippen LogP contribution in [0.15, 0.2) is 0 Å². The van der Waals surface area contributed by atoms with Gasteiger partial charge < -0.3 is 11.1 Å². The van der Waals surface area contributed by atoms with Gasteiger partial charge in [-0.3, -0.25) is 4.79 Å². The monoisotopic (exact) mass is 198 g/mol. The maximum atomic E-state index is 11.9. The van der Waals surface area contributed by atoms with E-state index >= 15 is 0 Å². The number of nitrogens with one attached hydrogen (secondary N) is 1. The molecule has 0 heterocycles. The molecule has 2 atom stereocenters. The highest BCUT2D eigenvalue weighted by molar-refractivity contribution is 5.79. The van der Waals surface area contributed by atoms with Gasteiger partial charge in [0.1, 0.15) is 0 Å². The van der Waals surface area contributed by atoms with Gasteiger partial charge in [0.2, 0.25) is 5.91 Å². The highest BCUT2D eigenvalue weighted by Gasteiger charge is 2.33. The van der Waals surface area contributed by atoms with Crippen LogP contribution in [0.5, 0.6) is 0 Å². The lowest BCUT2D eigenvalue weighted by molar-refractivity contribution is -0.127. The summed E-state index contributed by atoms with van der Waals surface area (Å²) in [6, 6.07) is 0. The fourth-order valence-electron chi connectivity index (χ4n) is 2.13. The second kappa shape index (κ2) is 4.30. The second-order valence-corrected chi connectivity index (χ2v) is 5.27. The van der Waals surface area contributed by atoms with Crippen molar-refractivity contribution in [1.29, 1.82) is 0 Å². The fourth-order valence-corrected chi connectivity index (χ4v) is 2.13. The minimum Gasteiger partial charge on any atom is -0.351 e. The molecule has 3 heteroatoms. The molecule has 1 rings (SSSR count). The van der Waals surface area contributed by atoms with Crippen molar-refractivity contribution in [3.8, 4) is 0 Å². The van der Waals surface area contributed by atoms with E-state index in [1.54, 1.807) is 0 Å². The van der Waals surface area contributed by atoms with E-state index in [1.807, 2.05) is 20.8 Å². The summed E-state index contributed by atoms with van der Waals surface area (Å²) in [7, 11) is 0. The maximum Gasteiger partial charge on any atom is 0.223 e. The number of hydrogen-bond acceptors (Lipinski definition) is 2. The smallest absolute Gasteiger partial charge is 0.223 e. The number of rotatable bonds is 2. The van der Waals surface area contributed by atoms with Crippen LogP contribution in [0.4, 0.5) is 0 Å². The van der Waals surface area contributed by atoms with Crippen LogP contribution in [0.1, 0.15) is 40.0 Å². The number of carbonyl (C=O) groups is 1. The van der Waals surface area contributed by atoms with Crippen molar-refractivity contribution in [2.24, 2.45) is 17.6 Å². The van der Waals surface area contributed by atoms with Crippen molar-refractivity contribution < 1.29 is 4.79 Å². The van der Waals surface area contributed by atoms with Gasteiger partial charge in [-0.25, -0.2) is 0 Å². The minimum absolute atomic E-state index is 0.126. The molecule has 0 aromatic rings. The summed E-state index contributed by atoms with van der Waals surface area (Å²) in [6.45, 7) is 6.67. The topological polar surface area (TPSA) is 55.1 Å². The highest BCUT2D eigenvalue weighted by Crippen LogP contribution is 2.31. The summed E-state index contributed by atoms with van der Waals surface area (Å²) in [5, 5.41) is 3.03. The van der Waals surface area contributed by atoms with Crippen molar-refractivity contribution in [2.45, 2.75) is 45.6 Å². The number of amides is 1. The molecule has 82 valence electrons. The molecule has 1 amide bonds.